The van der Waals surface area contributed by atoms with Crippen LogP contribution >= 0.6 is 0 Å². The number of cyclic esters (lactones) is 1. The van der Waals surface area contributed by atoms with Crippen LogP contribution < -0.4 is 5.73 Å². The highest BCUT2D eigenvalue weighted by molar-refractivity contribution is 5.92. The Morgan fingerprint density at radius 2 is 2.00 bits per heavy atom. The van der Waals surface area contributed by atoms with Crippen molar-refractivity contribution in [1.82, 2.24) is 0 Å². The van der Waals surface area contributed by atoms with Gasteiger partial charge in [-0.15, -0.1) is 0 Å². The van der Waals surface area contributed by atoms with Crippen molar-refractivity contribution in [2.45, 2.75) is 26.4 Å². The highest BCUT2D eigenvalue weighted by Gasteiger charge is 2.36. The molecule has 0 unspecified atom stereocenters. The van der Waals surface area contributed by atoms with E-state index in [2.05, 4.69) is 0 Å². The van der Waals surface area contributed by atoms with Crippen LogP contribution in [-0.4, -0.2) is 11.6 Å². The minimum atomic E-state index is -0.596. The largest absolute Gasteiger partial charge is 0.450 e. The van der Waals surface area contributed by atoms with Crippen LogP contribution in [0.15, 0.2) is 11.3 Å². The molecule has 0 spiro atoms. The average Bonchev–Trinajstić information content (AvgIpc) is 1.95. The highest BCUT2D eigenvalue weighted by atomic mass is 16.6. The minimum absolute atomic E-state index is 0.303. The molecule has 1 heterocycles. The van der Waals surface area contributed by atoms with E-state index in [0.29, 0.717) is 11.3 Å². The highest BCUT2D eigenvalue weighted by Crippen LogP contribution is 2.27. The molecule has 1 aliphatic heterocycles. The van der Waals surface area contributed by atoms with Crippen molar-refractivity contribution in [1.29, 1.82) is 0 Å². The summed E-state index contributed by atoms with van der Waals surface area (Å²) in [7, 11) is 0. The molecule has 10 heavy (non-hydrogen) atoms. The van der Waals surface area contributed by atoms with Crippen LogP contribution in [0.2, 0.25) is 0 Å². The first-order valence-electron chi connectivity index (χ1n) is 3.15. The number of nitrogens with two attached hydrogens (primary N) is 1. The molecule has 1 rings (SSSR count). The third kappa shape index (κ3) is 0.781. The molecule has 0 radical (unpaired) electrons. The van der Waals surface area contributed by atoms with E-state index in [1.165, 1.54) is 0 Å². The van der Waals surface area contributed by atoms with Gasteiger partial charge in [0.2, 0.25) is 0 Å². The van der Waals surface area contributed by atoms with Crippen molar-refractivity contribution in [3.05, 3.63) is 11.3 Å². The fraction of sp³-hybridized carbons (Fsp3) is 0.571. The fourth-order valence-electron chi connectivity index (χ4n) is 0.925. The summed E-state index contributed by atoms with van der Waals surface area (Å²) >= 11 is 0. The zero-order valence-electron chi connectivity index (χ0n) is 6.39. The number of ether oxygens (including phenoxy) is 1. The van der Waals surface area contributed by atoms with Crippen molar-refractivity contribution < 1.29 is 9.53 Å². The predicted octanol–water partition coefficient (Wildman–Crippen LogP) is 0.555. The zero-order valence-corrected chi connectivity index (χ0v) is 6.39. The van der Waals surface area contributed by atoms with Gasteiger partial charge in [0.25, 0.3) is 0 Å². The maximum atomic E-state index is 10.8. The molecular formula is C7H11NO2. The summed E-state index contributed by atoms with van der Waals surface area (Å²) in [6, 6.07) is 0. The summed E-state index contributed by atoms with van der Waals surface area (Å²) in [5, 5.41) is 0. The number of hydrogen-bond acceptors (Lipinski definition) is 3. The zero-order chi connectivity index (χ0) is 7.94. The average molecular weight is 141 g/mol. The Kier molecular flexibility index (Phi) is 1.24. The first kappa shape index (κ1) is 7.12. The molecule has 3 nitrogen and oxygen atoms in total. The van der Waals surface area contributed by atoms with Gasteiger partial charge in [-0.05, 0) is 20.8 Å². The molecular weight excluding hydrogens is 130 g/mol. The summed E-state index contributed by atoms with van der Waals surface area (Å²) in [6.45, 7) is 5.22. The lowest BCUT2D eigenvalue weighted by Gasteiger charge is -2.17. The van der Waals surface area contributed by atoms with Gasteiger partial charge < -0.3 is 10.5 Å². The van der Waals surface area contributed by atoms with Gasteiger partial charge in [-0.3, -0.25) is 0 Å². The molecule has 56 valence electrons. The van der Waals surface area contributed by atoms with Crippen LogP contribution in [0.5, 0.6) is 0 Å². The van der Waals surface area contributed by atoms with Crippen LogP contribution in [0, 0.1) is 0 Å². The molecule has 0 atom stereocenters. The smallest absolute Gasteiger partial charge is 0.336 e. The van der Waals surface area contributed by atoms with Crippen molar-refractivity contribution in [3.8, 4) is 0 Å². The van der Waals surface area contributed by atoms with E-state index < -0.39 is 5.60 Å². The van der Waals surface area contributed by atoms with E-state index in [4.69, 9.17) is 10.5 Å². The SMILES string of the molecule is CC1=C(N)C(C)(C)OC1=O. The van der Waals surface area contributed by atoms with Crippen LogP contribution in [-0.2, 0) is 9.53 Å². The maximum absolute atomic E-state index is 10.8. The first-order chi connectivity index (χ1) is 4.45. The molecule has 2 N–H and O–H groups in total. The standard InChI is InChI=1S/C7H11NO2/c1-4-5(8)7(2,3)10-6(4)9/h8H2,1-3H3. The molecule has 0 aromatic rings. The topological polar surface area (TPSA) is 52.3 Å². The van der Waals surface area contributed by atoms with Crippen molar-refractivity contribution >= 4 is 5.97 Å². The molecule has 3 heteroatoms. The number of hydrogen-bond donors (Lipinski definition) is 1. The monoisotopic (exact) mass is 141 g/mol. The van der Waals surface area contributed by atoms with E-state index in [1.54, 1.807) is 20.8 Å². The van der Waals surface area contributed by atoms with E-state index >= 15 is 0 Å². The van der Waals surface area contributed by atoms with Crippen LogP contribution in [0.1, 0.15) is 20.8 Å². The maximum Gasteiger partial charge on any atom is 0.336 e. The van der Waals surface area contributed by atoms with Gasteiger partial charge in [0.05, 0.1) is 11.3 Å². The normalized spacial score (nSPS) is 23.3. The van der Waals surface area contributed by atoms with E-state index in [1.807, 2.05) is 0 Å². The Morgan fingerprint density at radius 3 is 2.10 bits per heavy atom. The van der Waals surface area contributed by atoms with E-state index in [9.17, 15) is 4.79 Å². The Hall–Kier alpha value is -0.990. The van der Waals surface area contributed by atoms with Crippen molar-refractivity contribution in [3.63, 3.8) is 0 Å². The minimum Gasteiger partial charge on any atom is -0.450 e. The van der Waals surface area contributed by atoms with E-state index in [0.717, 1.165) is 0 Å². The Morgan fingerprint density at radius 1 is 1.50 bits per heavy atom. The molecule has 0 saturated carbocycles. The summed E-state index contributed by atoms with van der Waals surface area (Å²) in [6.07, 6.45) is 0. The lowest BCUT2D eigenvalue weighted by Crippen LogP contribution is -2.27. The summed E-state index contributed by atoms with van der Waals surface area (Å²) < 4.78 is 4.94. The van der Waals surface area contributed by atoms with Crippen LogP contribution in [0.25, 0.3) is 0 Å². The Labute approximate surface area is 59.8 Å². The van der Waals surface area contributed by atoms with Crippen LogP contribution in [0.3, 0.4) is 0 Å². The lowest BCUT2D eigenvalue weighted by molar-refractivity contribution is -0.144. The molecule has 1 aliphatic rings. The first-order valence-corrected chi connectivity index (χ1v) is 3.15. The number of rotatable bonds is 0. The molecule has 0 aromatic carbocycles. The third-order valence-electron chi connectivity index (χ3n) is 1.71. The van der Waals surface area contributed by atoms with Gasteiger partial charge in [-0.2, -0.15) is 0 Å². The number of carbonyl (C=O) groups excluding carboxylic acids is 1. The van der Waals surface area contributed by atoms with Crippen LogP contribution in [0.4, 0.5) is 0 Å². The third-order valence-corrected chi connectivity index (χ3v) is 1.71. The number of esters is 1. The van der Waals surface area contributed by atoms with Gasteiger partial charge in [-0.25, -0.2) is 4.79 Å². The van der Waals surface area contributed by atoms with Gasteiger partial charge >= 0.3 is 5.97 Å². The van der Waals surface area contributed by atoms with E-state index in [-0.39, 0.29) is 5.97 Å². The van der Waals surface area contributed by atoms with Crippen molar-refractivity contribution in [2.24, 2.45) is 5.73 Å². The van der Waals surface area contributed by atoms with Crippen molar-refractivity contribution in [2.75, 3.05) is 0 Å². The fourth-order valence-corrected chi connectivity index (χ4v) is 0.925. The second-order valence-corrected chi connectivity index (χ2v) is 2.94. The molecule has 0 aromatic heterocycles. The van der Waals surface area contributed by atoms with Gasteiger partial charge in [0, 0.05) is 0 Å². The molecule has 0 fully saturated rings. The molecule has 0 bridgehead atoms. The number of carbonyl (C=O) groups is 1. The second kappa shape index (κ2) is 1.75. The second-order valence-electron chi connectivity index (χ2n) is 2.94. The quantitative estimate of drug-likeness (QED) is 0.501. The van der Waals surface area contributed by atoms with Gasteiger partial charge in [-0.1, -0.05) is 0 Å². The summed E-state index contributed by atoms with van der Waals surface area (Å²) in [5.41, 5.74) is 6.06. The lowest BCUT2D eigenvalue weighted by atomic mass is 10.1. The van der Waals surface area contributed by atoms with Gasteiger partial charge in [0.1, 0.15) is 5.60 Å². The summed E-state index contributed by atoms with van der Waals surface area (Å²) in [5.74, 6) is -0.303. The summed E-state index contributed by atoms with van der Waals surface area (Å²) in [4.78, 5) is 10.8. The van der Waals surface area contributed by atoms with Gasteiger partial charge in [0.15, 0.2) is 0 Å². The molecule has 0 saturated heterocycles. The Bertz CT molecular complexity index is 216. The Balaban J connectivity index is 3.06. The molecule has 0 amide bonds. The predicted molar refractivity (Wildman–Crippen MR) is 37.1 cm³/mol. The molecule has 0 aliphatic carbocycles.